The molecule has 35 heavy (non-hydrogen) atoms. The molecule has 0 amide bonds. The molecule has 0 unspecified atom stereocenters. The van der Waals surface area contributed by atoms with Crippen LogP contribution in [0.1, 0.15) is 28.7 Å². The minimum Gasteiger partial charge on any atom is -0.494 e. The first kappa shape index (κ1) is 24.3. The fraction of sp³-hybridized carbons (Fsp3) is 0.222. The molecule has 0 bridgehead atoms. The molecule has 0 aliphatic heterocycles. The van der Waals surface area contributed by atoms with E-state index in [1.54, 1.807) is 32.4 Å². The van der Waals surface area contributed by atoms with Gasteiger partial charge < -0.3 is 14.2 Å². The van der Waals surface area contributed by atoms with Crippen LogP contribution in [-0.4, -0.2) is 47.1 Å². The molecule has 0 saturated heterocycles. The SMILES string of the molecule is CCOc1ccc(-n2c(Cc3ccccc3)nnc2SCC(=O)c2ccc(OC)c(OC)c2)cc1. The van der Waals surface area contributed by atoms with Gasteiger partial charge in [0.15, 0.2) is 22.4 Å². The lowest BCUT2D eigenvalue weighted by molar-refractivity contribution is 0.102. The predicted molar refractivity (Wildman–Crippen MR) is 136 cm³/mol. The van der Waals surface area contributed by atoms with Gasteiger partial charge in [-0.3, -0.25) is 9.36 Å². The number of rotatable bonds is 11. The molecule has 0 spiro atoms. The van der Waals surface area contributed by atoms with Crippen molar-refractivity contribution in [1.29, 1.82) is 0 Å². The fourth-order valence-corrected chi connectivity index (χ4v) is 4.49. The average molecular weight is 490 g/mol. The number of thioether (sulfide) groups is 1. The number of hydrogen-bond donors (Lipinski definition) is 0. The van der Waals surface area contributed by atoms with E-state index >= 15 is 0 Å². The van der Waals surface area contributed by atoms with Gasteiger partial charge in [0.05, 0.1) is 26.6 Å². The smallest absolute Gasteiger partial charge is 0.196 e. The largest absolute Gasteiger partial charge is 0.494 e. The molecule has 1 heterocycles. The number of aromatic nitrogens is 3. The van der Waals surface area contributed by atoms with Gasteiger partial charge in [0.1, 0.15) is 11.6 Å². The third kappa shape index (κ3) is 5.84. The first-order valence-corrected chi connectivity index (χ1v) is 12.2. The number of nitrogens with zero attached hydrogens (tertiary/aromatic N) is 3. The first-order valence-electron chi connectivity index (χ1n) is 11.2. The summed E-state index contributed by atoms with van der Waals surface area (Å²) in [6, 6.07) is 23.1. The van der Waals surface area contributed by atoms with E-state index in [-0.39, 0.29) is 11.5 Å². The molecule has 0 aliphatic carbocycles. The Morgan fingerprint density at radius 2 is 1.66 bits per heavy atom. The van der Waals surface area contributed by atoms with E-state index in [0.29, 0.717) is 35.2 Å². The van der Waals surface area contributed by atoms with Crippen LogP contribution in [-0.2, 0) is 6.42 Å². The zero-order valence-electron chi connectivity index (χ0n) is 19.9. The van der Waals surface area contributed by atoms with E-state index in [4.69, 9.17) is 14.2 Å². The molecule has 0 fully saturated rings. The molecule has 7 nitrogen and oxygen atoms in total. The maximum atomic E-state index is 13.0. The average Bonchev–Trinajstić information content (AvgIpc) is 3.30. The van der Waals surface area contributed by atoms with Crippen molar-refractivity contribution in [2.24, 2.45) is 0 Å². The number of ketones is 1. The Hall–Kier alpha value is -3.78. The molecule has 4 rings (SSSR count). The van der Waals surface area contributed by atoms with Crippen LogP contribution >= 0.6 is 11.8 Å². The van der Waals surface area contributed by atoms with Gasteiger partial charge in [-0.1, -0.05) is 42.1 Å². The number of hydrogen-bond acceptors (Lipinski definition) is 7. The lowest BCUT2D eigenvalue weighted by Crippen LogP contribution is -2.07. The van der Waals surface area contributed by atoms with Crippen molar-refractivity contribution in [3.63, 3.8) is 0 Å². The van der Waals surface area contributed by atoms with Crippen LogP contribution in [0.25, 0.3) is 5.69 Å². The zero-order chi connectivity index (χ0) is 24.6. The summed E-state index contributed by atoms with van der Waals surface area (Å²) in [5, 5.41) is 9.53. The van der Waals surface area contributed by atoms with Gasteiger partial charge >= 0.3 is 0 Å². The van der Waals surface area contributed by atoms with Gasteiger partial charge in [-0.05, 0) is 55.0 Å². The summed E-state index contributed by atoms with van der Waals surface area (Å²) in [5.41, 5.74) is 2.59. The Morgan fingerprint density at radius 1 is 0.914 bits per heavy atom. The Bertz CT molecular complexity index is 1270. The van der Waals surface area contributed by atoms with Crippen LogP contribution in [0.3, 0.4) is 0 Å². The van der Waals surface area contributed by atoms with Crippen molar-refractivity contribution in [1.82, 2.24) is 14.8 Å². The van der Waals surface area contributed by atoms with Crippen molar-refractivity contribution in [2.45, 2.75) is 18.5 Å². The van der Waals surface area contributed by atoms with Gasteiger partial charge in [0.2, 0.25) is 0 Å². The van der Waals surface area contributed by atoms with Crippen molar-refractivity contribution >= 4 is 17.5 Å². The van der Waals surface area contributed by atoms with E-state index in [1.165, 1.54) is 11.8 Å². The highest BCUT2D eigenvalue weighted by molar-refractivity contribution is 7.99. The first-order chi connectivity index (χ1) is 17.1. The normalized spacial score (nSPS) is 10.7. The molecule has 0 saturated carbocycles. The van der Waals surface area contributed by atoms with Crippen LogP contribution in [0.4, 0.5) is 0 Å². The standard InChI is InChI=1S/C27H27N3O4S/c1-4-34-22-13-11-21(12-14-22)30-26(16-19-8-6-5-7-9-19)28-29-27(30)35-18-23(31)20-10-15-24(32-2)25(17-20)33-3/h5-15,17H,4,16,18H2,1-3H3. The van der Waals surface area contributed by atoms with Crippen molar-refractivity contribution in [3.8, 4) is 22.9 Å². The maximum Gasteiger partial charge on any atom is 0.196 e. The molecular weight excluding hydrogens is 462 g/mol. The summed E-state index contributed by atoms with van der Waals surface area (Å²) in [6.07, 6.45) is 0.616. The second kappa shape index (κ2) is 11.6. The predicted octanol–water partition coefficient (Wildman–Crippen LogP) is 5.25. The molecule has 0 N–H and O–H groups in total. The fourth-order valence-electron chi connectivity index (χ4n) is 3.63. The number of carbonyl (C=O) groups excluding carboxylic acids is 1. The Morgan fingerprint density at radius 3 is 2.34 bits per heavy atom. The van der Waals surface area contributed by atoms with Crippen LogP contribution < -0.4 is 14.2 Å². The molecule has 0 atom stereocenters. The van der Waals surface area contributed by atoms with Crippen LogP contribution in [0.2, 0.25) is 0 Å². The molecule has 1 aromatic heterocycles. The highest BCUT2D eigenvalue weighted by Gasteiger charge is 2.18. The summed E-state index contributed by atoms with van der Waals surface area (Å²) >= 11 is 1.35. The summed E-state index contributed by atoms with van der Waals surface area (Å²) in [5.74, 6) is 2.86. The highest BCUT2D eigenvalue weighted by atomic mass is 32.2. The molecule has 3 aromatic carbocycles. The summed E-state index contributed by atoms with van der Waals surface area (Å²) in [7, 11) is 3.12. The van der Waals surface area contributed by atoms with Crippen molar-refractivity contribution < 1.29 is 19.0 Å². The Kier molecular flexibility index (Phi) is 8.05. The highest BCUT2D eigenvalue weighted by Crippen LogP contribution is 2.29. The maximum absolute atomic E-state index is 13.0. The van der Waals surface area contributed by atoms with Crippen LogP contribution in [0.5, 0.6) is 17.2 Å². The second-order valence-corrected chi connectivity index (χ2v) is 8.55. The van der Waals surface area contributed by atoms with Crippen molar-refractivity contribution in [2.75, 3.05) is 26.6 Å². The number of Topliss-reactive ketones (excluding diaryl/α,β-unsaturated/α-hetero) is 1. The third-order valence-electron chi connectivity index (χ3n) is 5.35. The van der Waals surface area contributed by atoms with Crippen LogP contribution in [0, 0.1) is 0 Å². The quantitative estimate of drug-likeness (QED) is 0.210. The van der Waals surface area contributed by atoms with Gasteiger partial charge in [0, 0.05) is 17.7 Å². The molecule has 8 heteroatoms. The third-order valence-corrected chi connectivity index (χ3v) is 6.28. The second-order valence-electron chi connectivity index (χ2n) is 7.61. The van der Waals surface area contributed by atoms with E-state index in [0.717, 1.165) is 22.8 Å². The number of carbonyl (C=O) groups is 1. The monoisotopic (exact) mass is 489 g/mol. The molecule has 0 aliphatic rings. The van der Waals surface area contributed by atoms with Gasteiger partial charge in [-0.2, -0.15) is 0 Å². The zero-order valence-corrected chi connectivity index (χ0v) is 20.7. The minimum absolute atomic E-state index is 0.0400. The lowest BCUT2D eigenvalue weighted by atomic mass is 10.1. The molecule has 4 aromatic rings. The Balaban J connectivity index is 1.60. The summed E-state index contributed by atoms with van der Waals surface area (Å²) in [6.45, 7) is 2.56. The molecule has 0 radical (unpaired) electrons. The number of benzene rings is 3. The van der Waals surface area contributed by atoms with Gasteiger partial charge in [-0.15, -0.1) is 10.2 Å². The molecular formula is C27H27N3O4S. The van der Waals surface area contributed by atoms with E-state index in [2.05, 4.69) is 22.3 Å². The lowest BCUT2D eigenvalue weighted by Gasteiger charge is -2.12. The van der Waals surface area contributed by atoms with Gasteiger partial charge in [0.25, 0.3) is 0 Å². The van der Waals surface area contributed by atoms with Crippen molar-refractivity contribution in [3.05, 3.63) is 89.7 Å². The summed E-state index contributed by atoms with van der Waals surface area (Å²) < 4.78 is 18.2. The summed E-state index contributed by atoms with van der Waals surface area (Å²) in [4.78, 5) is 13.0. The Labute approximate surface area is 209 Å². The minimum atomic E-state index is -0.0400. The van der Waals surface area contributed by atoms with E-state index in [9.17, 15) is 4.79 Å². The van der Waals surface area contributed by atoms with E-state index < -0.39 is 0 Å². The van der Waals surface area contributed by atoms with Crippen LogP contribution in [0.15, 0.2) is 78.0 Å². The number of ether oxygens (including phenoxy) is 3. The van der Waals surface area contributed by atoms with Gasteiger partial charge in [-0.25, -0.2) is 0 Å². The number of methoxy groups -OCH3 is 2. The topological polar surface area (TPSA) is 75.5 Å². The molecule has 180 valence electrons. The van der Waals surface area contributed by atoms with E-state index in [1.807, 2.05) is 54.0 Å².